The van der Waals surface area contributed by atoms with Gasteiger partial charge in [0.15, 0.2) is 0 Å². The molecule has 8 nitrogen and oxygen atoms in total. The number of carbonyl (C=O) groups is 3. The molecule has 0 aliphatic heterocycles. The molecule has 1 amide bonds. The summed E-state index contributed by atoms with van der Waals surface area (Å²) in [4.78, 5) is 35.4. The van der Waals surface area contributed by atoms with Gasteiger partial charge in [-0.1, -0.05) is 24.3 Å². The van der Waals surface area contributed by atoms with E-state index < -0.39 is 5.97 Å². The molecule has 4 rings (SSSR count). The van der Waals surface area contributed by atoms with Gasteiger partial charge in [0, 0.05) is 23.9 Å². The number of carboxylic acids is 1. The zero-order valence-corrected chi connectivity index (χ0v) is 17.3. The number of carboxylic acid groups (broad SMARTS) is 2. The zero-order chi connectivity index (χ0) is 23.8. The van der Waals surface area contributed by atoms with Crippen molar-refractivity contribution < 1.29 is 29.0 Å². The summed E-state index contributed by atoms with van der Waals surface area (Å²) in [5.41, 5.74) is 4.85. The van der Waals surface area contributed by atoms with E-state index in [2.05, 4.69) is 10.3 Å². The Morgan fingerprint density at radius 2 is 1.73 bits per heavy atom. The summed E-state index contributed by atoms with van der Waals surface area (Å²) in [6, 6.07) is 17.4. The average Bonchev–Trinajstić information content (AvgIpc) is 3.22. The molecule has 0 unspecified atom stereocenters. The third-order valence-electron chi connectivity index (χ3n) is 4.70. The SMILES string of the molecule is O=C(O)CCC(=O)Nc1cccc(-c2cnc3cc(-c4ccc(F)cc4)ccn23)c1.O=CO. The number of anilines is 1. The van der Waals surface area contributed by atoms with Crippen LogP contribution in [0.2, 0.25) is 0 Å². The summed E-state index contributed by atoms with van der Waals surface area (Å²) < 4.78 is 15.1. The lowest BCUT2D eigenvalue weighted by molar-refractivity contribution is -0.138. The number of carbonyl (C=O) groups excluding carboxylic acids is 1. The Kier molecular flexibility index (Phi) is 7.48. The predicted molar refractivity (Wildman–Crippen MR) is 120 cm³/mol. The molecule has 0 saturated carbocycles. The first-order valence-electron chi connectivity index (χ1n) is 9.84. The zero-order valence-electron chi connectivity index (χ0n) is 17.3. The van der Waals surface area contributed by atoms with Crippen LogP contribution in [0.1, 0.15) is 12.8 Å². The van der Waals surface area contributed by atoms with Crippen LogP contribution < -0.4 is 5.32 Å². The molecule has 9 heteroatoms. The summed E-state index contributed by atoms with van der Waals surface area (Å²) in [7, 11) is 0. The summed E-state index contributed by atoms with van der Waals surface area (Å²) in [6.07, 6.45) is 3.35. The van der Waals surface area contributed by atoms with E-state index in [9.17, 15) is 14.0 Å². The molecule has 0 bridgehead atoms. The Balaban J connectivity index is 0.000000968. The lowest BCUT2D eigenvalue weighted by atomic mass is 10.1. The topological polar surface area (TPSA) is 121 Å². The highest BCUT2D eigenvalue weighted by molar-refractivity contribution is 5.93. The van der Waals surface area contributed by atoms with Crippen LogP contribution in [0.25, 0.3) is 28.0 Å². The van der Waals surface area contributed by atoms with Crippen LogP contribution in [0.5, 0.6) is 0 Å². The first-order valence-corrected chi connectivity index (χ1v) is 9.84. The van der Waals surface area contributed by atoms with E-state index in [1.165, 1.54) is 12.1 Å². The standard InChI is InChI=1S/C23H18FN3O3.CH2O2/c24-18-6-4-15(5-7-18)16-10-11-27-20(14-25-21(27)13-16)17-2-1-3-19(12-17)26-22(28)8-9-23(29)30;2-1-3/h1-7,10-14H,8-9H2,(H,26,28)(H,29,30);1H,(H,2,3). The molecule has 0 aliphatic rings. The summed E-state index contributed by atoms with van der Waals surface area (Å²) >= 11 is 0. The number of hydrogen-bond acceptors (Lipinski definition) is 4. The van der Waals surface area contributed by atoms with E-state index in [1.807, 2.05) is 40.9 Å². The smallest absolute Gasteiger partial charge is 0.303 e. The monoisotopic (exact) mass is 449 g/mol. The second-order valence-electron chi connectivity index (χ2n) is 6.92. The third-order valence-corrected chi connectivity index (χ3v) is 4.70. The first kappa shape index (κ1) is 23.1. The van der Waals surface area contributed by atoms with E-state index in [0.717, 1.165) is 28.0 Å². The number of aromatic nitrogens is 2. The Hall–Kier alpha value is -4.53. The van der Waals surface area contributed by atoms with Gasteiger partial charge in [0.2, 0.25) is 5.91 Å². The van der Waals surface area contributed by atoms with Gasteiger partial charge in [-0.05, 0) is 47.5 Å². The van der Waals surface area contributed by atoms with Crippen molar-refractivity contribution in [3.8, 4) is 22.4 Å². The van der Waals surface area contributed by atoms with Gasteiger partial charge >= 0.3 is 5.97 Å². The molecule has 168 valence electrons. The number of nitrogens with zero attached hydrogens (tertiary/aromatic N) is 2. The predicted octanol–water partition coefficient (Wildman–Crippen LogP) is 4.31. The molecule has 33 heavy (non-hydrogen) atoms. The van der Waals surface area contributed by atoms with Crippen molar-refractivity contribution in [3.63, 3.8) is 0 Å². The highest BCUT2D eigenvalue weighted by Gasteiger charge is 2.10. The molecular formula is C24H20FN3O5. The van der Waals surface area contributed by atoms with Crippen LogP contribution in [0.4, 0.5) is 10.1 Å². The number of amides is 1. The van der Waals surface area contributed by atoms with E-state index in [1.54, 1.807) is 24.4 Å². The average molecular weight is 449 g/mol. The molecular weight excluding hydrogens is 429 g/mol. The lowest BCUT2D eigenvalue weighted by Gasteiger charge is -2.08. The van der Waals surface area contributed by atoms with Gasteiger partial charge in [0.1, 0.15) is 11.5 Å². The Labute approximate surface area is 188 Å². The number of aliphatic carboxylic acids is 1. The minimum atomic E-state index is -1.01. The molecule has 0 saturated heterocycles. The maximum Gasteiger partial charge on any atom is 0.303 e. The number of fused-ring (bicyclic) bond motifs is 1. The molecule has 0 fully saturated rings. The van der Waals surface area contributed by atoms with Gasteiger partial charge in [0.25, 0.3) is 6.47 Å². The molecule has 3 N–H and O–H groups in total. The quantitative estimate of drug-likeness (QED) is 0.377. The second-order valence-corrected chi connectivity index (χ2v) is 6.92. The highest BCUT2D eigenvalue weighted by Crippen LogP contribution is 2.27. The van der Waals surface area contributed by atoms with Gasteiger partial charge < -0.3 is 15.5 Å². The van der Waals surface area contributed by atoms with Gasteiger partial charge in [0.05, 0.1) is 18.3 Å². The first-order chi connectivity index (χ1) is 15.9. The normalized spacial score (nSPS) is 10.2. The summed E-state index contributed by atoms with van der Waals surface area (Å²) in [5.74, 6) is -1.64. The highest BCUT2D eigenvalue weighted by atomic mass is 19.1. The summed E-state index contributed by atoms with van der Waals surface area (Å²) in [5, 5.41) is 18.3. The van der Waals surface area contributed by atoms with Crippen molar-refractivity contribution in [3.05, 3.63) is 78.9 Å². The minimum absolute atomic E-state index is 0.0820. The van der Waals surface area contributed by atoms with E-state index in [0.29, 0.717) is 5.69 Å². The van der Waals surface area contributed by atoms with Crippen molar-refractivity contribution in [1.82, 2.24) is 9.38 Å². The van der Waals surface area contributed by atoms with Crippen molar-refractivity contribution in [2.75, 3.05) is 5.32 Å². The molecule has 0 radical (unpaired) electrons. The van der Waals surface area contributed by atoms with Crippen LogP contribution >= 0.6 is 0 Å². The van der Waals surface area contributed by atoms with Crippen LogP contribution in [0.15, 0.2) is 73.1 Å². The molecule has 2 heterocycles. The summed E-state index contributed by atoms with van der Waals surface area (Å²) in [6.45, 7) is -0.250. The van der Waals surface area contributed by atoms with Crippen molar-refractivity contribution in [2.45, 2.75) is 12.8 Å². The fraction of sp³-hybridized carbons (Fsp3) is 0.0833. The Morgan fingerprint density at radius 3 is 2.42 bits per heavy atom. The van der Waals surface area contributed by atoms with Gasteiger partial charge in [-0.2, -0.15) is 0 Å². The fourth-order valence-electron chi connectivity index (χ4n) is 3.22. The van der Waals surface area contributed by atoms with Crippen LogP contribution in [-0.2, 0) is 14.4 Å². The Morgan fingerprint density at radius 1 is 1.00 bits per heavy atom. The van der Waals surface area contributed by atoms with Crippen molar-refractivity contribution in [2.24, 2.45) is 0 Å². The maximum atomic E-state index is 13.2. The molecule has 0 atom stereocenters. The van der Waals surface area contributed by atoms with Crippen molar-refractivity contribution in [1.29, 1.82) is 0 Å². The van der Waals surface area contributed by atoms with E-state index >= 15 is 0 Å². The van der Waals surface area contributed by atoms with Crippen LogP contribution in [-0.4, -0.2) is 37.9 Å². The van der Waals surface area contributed by atoms with Gasteiger partial charge in [-0.25, -0.2) is 9.37 Å². The number of pyridine rings is 1. The molecule has 2 aromatic carbocycles. The van der Waals surface area contributed by atoms with E-state index in [4.69, 9.17) is 15.0 Å². The molecule has 4 aromatic rings. The fourth-order valence-corrected chi connectivity index (χ4v) is 3.22. The minimum Gasteiger partial charge on any atom is -0.483 e. The number of benzene rings is 2. The molecule has 0 aliphatic carbocycles. The Bertz CT molecular complexity index is 1290. The number of halogens is 1. The van der Waals surface area contributed by atoms with Gasteiger partial charge in [-0.3, -0.25) is 18.8 Å². The van der Waals surface area contributed by atoms with Gasteiger partial charge in [-0.15, -0.1) is 0 Å². The maximum absolute atomic E-state index is 13.2. The van der Waals surface area contributed by atoms with E-state index in [-0.39, 0.29) is 31.0 Å². The largest absolute Gasteiger partial charge is 0.483 e. The number of rotatable bonds is 6. The third kappa shape index (κ3) is 6.01. The molecule has 2 aromatic heterocycles. The van der Waals surface area contributed by atoms with Crippen LogP contribution in [0.3, 0.4) is 0 Å². The number of nitrogens with one attached hydrogen (secondary N) is 1. The number of imidazole rings is 1. The second kappa shape index (κ2) is 10.7. The number of hydrogen-bond donors (Lipinski definition) is 3. The molecule has 0 spiro atoms. The van der Waals surface area contributed by atoms with Crippen molar-refractivity contribution >= 4 is 29.7 Å². The van der Waals surface area contributed by atoms with Crippen LogP contribution in [0, 0.1) is 5.82 Å². The lowest BCUT2D eigenvalue weighted by Crippen LogP contribution is -2.13.